The zero-order chi connectivity index (χ0) is 24.4. The van der Waals surface area contributed by atoms with E-state index in [1.165, 1.54) is 0 Å². The monoisotopic (exact) mass is 478 g/mol. The van der Waals surface area contributed by atoms with Crippen molar-refractivity contribution >= 4 is 23.2 Å². The first-order valence-corrected chi connectivity index (χ1v) is 11.1. The number of nitrogens with zero attached hydrogens (tertiary/aromatic N) is 3. The number of benzene rings is 2. The summed E-state index contributed by atoms with van der Waals surface area (Å²) < 4.78 is 40.8. The van der Waals surface area contributed by atoms with Gasteiger partial charge in [0.05, 0.1) is 5.56 Å². The molecule has 1 amide bonds. The average Bonchev–Trinajstić information content (AvgIpc) is 3.24. The maximum Gasteiger partial charge on any atom is 0.420 e. The Labute approximate surface area is 199 Å². The predicted molar refractivity (Wildman–Crippen MR) is 125 cm³/mol. The van der Waals surface area contributed by atoms with E-state index < -0.39 is 17.4 Å². The largest absolute Gasteiger partial charge is 0.420 e. The van der Waals surface area contributed by atoms with Gasteiger partial charge >= 0.3 is 6.18 Å². The minimum absolute atomic E-state index is 0.00624. The number of halogens is 3. The van der Waals surface area contributed by atoms with Gasteiger partial charge in [0.25, 0.3) is 5.91 Å². The Morgan fingerprint density at radius 2 is 1.80 bits per heavy atom. The lowest BCUT2D eigenvalue weighted by molar-refractivity contribution is -0.138. The summed E-state index contributed by atoms with van der Waals surface area (Å²) in [7, 11) is 0. The van der Waals surface area contributed by atoms with Crippen LogP contribution in [0.4, 0.5) is 30.5 Å². The zero-order valence-electron chi connectivity index (χ0n) is 18.5. The van der Waals surface area contributed by atoms with E-state index in [-0.39, 0.29) is 11.9 Å². The number of carbonyl (C=O) groups is 1. The van der Waals surface area contributed by atoms with Crippen LogP contribution in [0.3, 0.4) is 0 Å². The second-order valence-electron chi connectivity index (χ2n) is 8.13. The highest BCUT2D eigenvalue weighted by molar-refractivity contribution is 6.00. The average molecular weight is 478 g/mol. The standard InChI is InChI=1S/C25H21F3N6O/c26-25(27,28)20-15-31-24(32-18-5-7-19(8-6-18)34-12-10-29-11-13-34)33-21(20)9-4-16-2-1-3-17-14-30-23(35)22(16)17/h1-3,5-8,15,29H,10-14H2,(H,30,35)(H,31,32,33). The molecule has 3 heterocycles. The number of anilines is 3. The molecule has 2 aliphatic rings. The summed E-state index contributed by atoms with van der Waals surface area (Å²) in [6.07, 6.45) is -3.96. The number of rotatable bonds is 3. The van der Waals surface area contributed by atoms with E-state index >= 15 is 0 Å². The summed E-state index contributed by atoms with van der Waals surface area (Å²) in [5, 5.41) is 8.94. The first-order valence-electron chi connectivity index (χ1n) is 11.1. The SMILES string of the molecule is O=C1NCc2cccc(C#Cc3nc(Nc4ccc(N5CCNCC5)cc4)ncc3C(F)(F)F)c21. The van der Waals surface area contributed by atoms with Crippen LogP contribution >= 0.6 is 0 Å². The van der Waals surface area contributed by atoms with Crippen molar-refractivity contribution in [2.45, 2.75) is 12.7 Å². The predicted octanol–water partition coefficient (Wildman–Crippen LogP) is 3.29. The fraction of sp³-hybridized carbons (Fsp3) is 0.240. The van der Waals surface area contributed by atoms with E-state index in [0.717, 1.165) is 43.6 Å². The van der Waals surface area contributed by atoms with Crippen LogP contribution in [0.5, 0.6) is 0 Å². The summed E-state index contributed by atoms with van der Waals surface area (Å²) in [6, 6.07) is 12.6. The lowest BCUT2D eigenvalue weighted by Gasteiger charge is -2.29. The number of fused-ring (bicyclic) bond motifs is 1. The number of aromatic nitrogens is 2. The summed E-state index contributed by atoms with van der Waals surface area (Å²) in [6.45, 7) is 4.01. The van der Waals surface area contributed by atoms with Gasteiger partial charge in [0, 0.05) is 55.9 Å². The molecule has 178 valence electrons. The van der Waals surface area contributed by atoms with Crippen LogP contribution < -0.4 is 20.9 Å². The molecule has 0 radical (unpaired) electrons. The molecule has 5 rings (SSSR count). The highest BCUT2D eigenvalue weighted by Gasteiger charge is 2.35. The number of amides is 1. The molecule has 1 aromatic heterocycles. The lowest BCUT2D eigenvalue weighted by atomic mass is 10.0. The van der Waals surface area contributed by atoms with Gasteiger partial charge in [0.1, 0.15) is 11.3 Å². The van der Waals surface area contributed by atoms with Crippen LogP contribution in [0.25, 0.3) is 0 Å². The van der Waals surface area contributed by atoms with Gasteiger partial charge in [-0.25, -0.2) is 9.97 Å². The molecular formula is C25H21F3N6O. The van der Waals surface area contributed by atoms with Crippen molar-refractivity contribution in [1.82, 2.24) is 20.6 Å². The Bertz CT molecular complexity index is 1320. The van der Waals surface area contributed by atoms with Gasteiger partial charge in [-0.05, 0) is 41.8 Å². The number of piperazine rings is 1. The lowest BCUT2D eigenvalue weighted by Crippen LogP contribution is -2.43. The van der Waals surface area contributed by atoms with Crippen molar-refractivity contribution in [3.8, 4) is 11.8 Å². The van der Waals surface area contributed by atoms with Gasteiger partial charge in [-0.3, -0.25) is 4.79 Å². The second-order valence-corrected chi connectivity index (χ2v) is 8.13. The first kappa shape index (κ1) is 22.7. The minimum Gasteiger partial charge on any atom is -0.369 e. The second kappa shape index (κ2) is 9.27. The smallest absolute Gasteiger partial charge is 0.369 e. The number of hydrogen-bond acceptors (Lipinski definition) is 6. The van der Waals surface area contributed by atoms with Crippen molar-refractivity contribution in [3.63, 3.8) is 0 Å². The molecule has 3 N–H and O–H groups in total. The van der Waals surface area contributed by atoms with Gasteiger partial charge in [0.15, 0.2) is 0 Å². The van der Waals surface area contributed by atoms with Crippen LogP contribution in [0.1, 0.15) is 32.7 Å². The first-order chi connectivity index (χ1) is 16.9. The quantitative estimate of drug-likeness (QED) is 0.502. The number of nitrogens with one attached hydrogen (secondary N) is 3. The molecule has 0 spiro atoms. The molecule has 0 aliphatic carbocycles. The van der Waals surface area contributed by atoms with Crippen LogP contribution in [0, 0.1) is 11.8 Å². The maximum absolute atomic E-state index is 13.6. The van der Waals surface area contributed by atoms with Crippen molar-refractivity contribution in [2.24, 2.45) is 0 Å². The Balaban J connectivity index is 1.42. The summed E-state index contributed by atoms with van der Waals surface area (Å²) >= 11 is 0. The molecule has 35 heavy (non-hydrogen) atoms. The zero-order valence-corrected chi connectivity index (χ0v) is 18.5. The molecule has 7 nitrogen and oxygen atoms in total. The van der Waals surface area contributed by atoms with Crippen LogP contribution in [-0.2, 0) is 12.7 Å². The van der Waals surface area contributed by atoms with E-state index in [9.17, 15) is 18.0 Å². The Hall–Kier alpha value is -4.10. The van der Waals surface area contributed by atoms with Crippen molar-refractivity contribution < 1.29 is 18.0 Å². The van der Waals surface area contributed by atoms with Crippen molar-refractivity contribution in [1.29, 1.82) is 0 Å². The molecule has 0 saturated carbocycles. The van der Waals surface area contributed by atoms with Gasteiger partial charge in [-0.1, -0.05) is 18.1 Å². The number of hydrogen-bond donors (Lipinski definition) is 3. The van der Waals surface area contributed by atoms with E-state index in [2.05, 4.69) is 42.7 Å². The maximum atomic E-state index is 13.6. The van der Waals surface area contributed by atoms with E-state index in [0.29, 0.717) is 23.4 Å². The van der Waals surface area contributed by atoms with E-state index in [4.69, 9.17) is 0 Å². The molecule has 1 fully saturated rings. The minimum atomic E-state index is -4.68. The normalized spacial score (nSPS) is 15.2. The molecule has 2 aromatic carbocycles. The fourth-order valence-electron chi connectivity index (χ4n) is 4.06. The molecule has 0 unspecified atom stereocenters. The fourth-order valence-corrected chi connectivity index (χ4v) is 4.06. The van der Waals surface area contributed by atoms with Gasteiger partial charge < -0.3 is 20.9 Å². The summed E-state index contributed by atoms with van der Waals surface area (Å²) in [5.41, 5.74) is 1.68. The van der Waals surface area contributed by atoms with Gasteiger partial charge in [-0.15, -0.1) is 0 Å². The van der Waals surface area contributed by atoms with Crippen LogP contribution in [0.15, 0.2) is 48.7 Å². The third kappa shape index (κ3) is 4.90. The summed E-state index contributed by atoms with van der Waals surface area (Å²) in [5.74, 6) is 4.91. The molecule has 1 saturated heterocycles. The topological polar surface area (TPSA) is 82.2 Å². The van der Waals surface area contributed by atoms with Gasteiger partial charge in [-0.2, -0.15) is 13.2 Å². The van der Waals surface area contributed by atoms with Crippen molar-refractivity contribution in [2.75, 3.05) is 36.4 Å². The molecular weight excluding hydrogens is 457 g/mol. The van der Waals surface area contributed by atoms with Crippen molar-refractivity contribution in [3.05, 3.63) is 76.6 Å². The molecule has 0 atom stereocenters. The van der Waals surface area contributed by atoms with Crippen LogP contribution in [0.2, 0.25) is 0 Å². The van der Waals surface area contributed by atoms with Crippen LogP contribution in [-0.4, -0.2) is 42.1 Å². The molecule has 3 aromatic rings. The van der Waals surface area contributed by atoms with E-state index in [1.807, 2.05) is 24.3 Å². The molecule has 10 heteroatoms. The Kier molecular flexibility index (Phi) is 6.01. The highest BCUT2D eigenvalue weighted by Crippen LogP contribution is 2.31. The van der Waals surface area contributed by atoms with Gasteiger partial charge in [0.2, 0.25) is 5.95 Å². The Morgan fingerprint density at radius 1 is 1.03 bits per heavy atom. The highest BCUT2D eigenvalue weighted by atomic mass is 19.4. The summed E-state index contributed by atoms with van der Waals surface area (Å²) in [4.78, 5) is 22.2. The Morgan fingerprint density at radius 3 is 2.54 bits per heavy atom. The number of alkyl halides is 3. The third-order valence-corrected chi connectivity index (χ3v) is 5.83. The van der Waals surface area contributed by atoms with E-state index in [1.54, 1.807) is 18.2 Å². The molecule has 2 aliphatic heterocycles. The third-order valence-electron chi connectivity index (χ3n) is 5.83. The number of carbonyl (C=O) groups excluding carboxylic acids is 1. The molecule has 0 bridgehead atoms.